The SMILES string of the molecule is COC(=O)CC(=O)C(NC(=O)OCC1c2ccccc2-c2ccccc21)c1ccccc1. The van der Waals surface area contributed by atoms with Crippen LogP contribution >= 0.6 is 0 Å². The summed E-state index contributed by atoms with van der Waals surface area (Å²) in [6.45, 7) is 0.132. The molecule has 3 aromatic carbocycles. The van der Waals surface area contributed by atoms with Crippen LogP contribution in [0.3, 0.4) is 0 Å². The first kappa shape index (κ1) is 21.3. The van der Waals surface area contributed by atoms with Crippen LogP contribution in [0.5, 0.6) is 0 Å². The van der Waals surface area contributed by atoms with Gasteiger partial charge in [-0.15, -0.1) is 0 Å². The topological polar surface area (TPSA) is 81.7 Å². The van der Waals surface area contributed by atoms with E-state index in [9.17, 15) is 14.4 Å². The van der Waals surface area contributed by atoms with Gasteiger partial charge in [0.05, 0.1) is 7.11 Å². The van der Waals surface area contributed by atoms with Gasteiger partial charge in [-0.25, -0.2) is 4.79 Å². The molecule has 3 aromatic rings. The Labute approximate surface area is 186 Å². The number of amides is 1. The predicted molar refractivity (Wildman–Crippen MR) is 119 cm³/mol. The predicted octanol–water partition coefficient (Wildman–Crippen LogP) is 4.40. The third-order valence-electron chi connectivity index (χ3n) is 5.61. The highest BCUT2D eigenvalue weighted by Gasteiger charge is 2.30. The van der Waals surface area contributed by atoms with Crippen LogP contribution in [0, 0.1) is 0 Å². The molecule has 0 saturated heterocycles. The fraction of sp³-hybridized carbons (Fsp3) is 0.192. The molecule has 4 rings (SSSR count). The van der Waals surface area contributed by atoms with E-state index in [0.29, 0.717) is 5.56 Å². The van der Waals surface area contributed by atoms with Gasteiger partial charge in [0, 0.05) is 5.92 Å². The Bertz CT molecular complexity index is 1100. The number of fused-ring (bicyclic) bond motifs is 3. The molecule has 1 aliphatic rings. The minimum Gasteiger partial charge on any atom is -0.469 e. The molecule has 162 valence electrons. The molecule has 0 radical (unpaired) electrons. The lowest BCUT2D eigenvalue weighted by atomic mass is 9.98. The highest BCUT2D eigenvalue weighted by molar-refractivity contribution is 6.00. The average Bonchev–Trinajstić information content (AvgIpc) is 3.15. The van der Waals surface area contributed by atoms with Crippen molar-refractivity contribution in [2.24, 2.45) is 0 Å². The summed E-state index contributed by atoms with van der Waals surface area (Å²) in [6.07, 6.45) is -1.17. The number of ketones is 1. The van der Waals surface area contributed by atoms with Crippen molar-refractivity contribution in [3.8, 4) is 11.1 Å². The van der Waals surface area contributed by atoms with Gasteiger partial charge in [0.2, 0.25) is 0 Å². The van der Waals surface area contributed by atoms with Crippen molar-refractivity contribution in [1.29, 1.82) is 0 Å². The van der Waals surface area contributed by atoms with E-state index in [1.165, 1.54) is 7.11 Å². The number of rotatable bonds is 7. The number of methoxy groups -OCH3 is 1. The van der Waals surface area contributed by atoms with Gasteiger partial charge in [-0.2, -0.15) is 0 Å². The molecule has 1 N–H and O–H groups in total. The van der Waals surface area contributed by atoms with E-state index in [-0.39, 0.29) is 12.5 Å². The number of alkyl carbamates (subject to hydrolysis) is 1. The maximum Gasteiger partial charge on any atom is 0.408 e. The van der Waals surface area contributed by atoms with Crippen LogP contribution in [0.15, 0.2) is 78.9 Å². The fourth-order valence-electron chi connectivity index (χ4n) is 4.07. The van der Waals surface area contributed by atoms with Crippen molar-refractivity contribution in [3.05, 3.63) is 95.6 Å². The third-order valence-corrected chi connectivity index (χ3v) is 5.61. The molecular formula is C26H23NO5. The van der Waals surface area contributed by atoms with Crippen LogP contribution < -0.4 is 5.32 Å². The second-order valence-electron chi connectivity index (χ2n) is 7.53. The van der Waals surface area contributed by atoms with Gasteiger partial charge in [-0.1, -0.05) is 78.9 Å². The molecule has 0 spiro atoms. The average molecular weight is 429 g/mol. The van der Waals surface area contributed by atoms with Crippen molar-refractivity contribution in [2.75, 3.05) is 13.7 Å². The molecule has 0 aliphatic heterocycles. The van der Waals surface area contributed by atoms with Crippen LogP contribution in [-0.4, -0.2) is 31.6 Å². The van der Waals surface area contributed by atoms with Crippen molar-refractivity contribution in [1.82, 2.24) is 5.32 Å². The van der Waals surface area contributed by atoms with Crippen molar-refractivity contribution in [3.63, 3.8) is 0 Å². The molecule has 1 amide bonds. The molecule has 1 aliphatic carbocycles. The molecule has 32 heavy (non-hydrogen) atoms. The largest absolute Gasteiger partial charge is 0.469 e. The summed E-state index contributed by atoms with van der Waals surface area (Å²) in [4.78, 5) is 36.9. The summed E-state index contributed by atoms with van der Waals surface area (Å²) in [6, 6.07) is 23.8. The van der Waals surface area contributed by atoms with E-state index in [1.807, 2.05) is 36.4 Å². The second kappa shape index (κ2) is 9.47. The summed E-state index contributed by atoms with van der Waals surface area (Å²) in [7, 11) is 1.21. The third kappa shape index (κ3) is 4.39. The first-order valence-corrected chi connectivity index (χ1v) is 10.3. The molecule has 0 fully saturated rings. The smallest absolute Gasteiger partial charge is 0.408 e. The standard InChI is InChI=1S/C26H23NO5/c1-31-24(29)15-23(28)25(17-9-3-2-4-10-17)27-26(30)32-16-22-20-13-7-5-11-18(20)19-12-6-8-14-21(19)22/h2-14,22,25H,15-16H2,1H3,(H,27,30). The van der Waals surface area contributed by atoms with Crippen LogP contribution in [0.1, 0.15) is 35.1 Å². The summed E-state index contributed by atoms with van der Waals surface area (Å²) in [5, 5.41) is 2.62. The van der Waals surface area contributed by atoms with Crippen LogP contribution in [0.4, 0.5) is 4.79 Å². The van der Waals surface area contributed by atoms with E-state index in [0.717, 1.165) is 22.3 Å². The zero-order valence-electron chi connectivity index (χ0n) is 17.6. The Kier molecular flexibility index (Phi) is 6.31. The summed E-state index contributed by atoms with van der Waals surface area (Å²) >= 11 is 0. The van der Waals surface area contributed by atoms with Gasteiger partial charge in [0.25, 0.3) is 0 Å². The van der Waals surface area contributed by atoms with E-state index in [1.54, 1.807) is 30.3 Å². The number of carbonyl (C=O) groups excluding carboxylic acids is 3. The quantitative estimate of drug-likeness (QED) is 0.445. The highest BCUT2D eigenvalue weighted by Crippen LogP contribution is 2.44. The zero-order valence-corrected chi connectivity index (χ0v) is 17.6. The van der Waals surface area contributed by atoms with E-state index in [2.05, 4.69) is 22.2 Å². The number of carbonyl (C=O) groups is 3. The first-order chi connectivity index (χ1) is 15.6. The lowest BCUT2D eigenvalue weighted by molar-refractivity contribution is -0.143. The summed E-state index contributed by atoms with van der Waals surface area (Å²) in [5.41, 5.74) is 5.03. The van der Waals surface area contributed by atoms with Gasteiger partial charge < -0.3 is 14.8 Å². The van der Waals surface area contributed by atoms with E-state index < -0.39 is 30.3 Å². The summed E-state index contributed by atoms with van der Waals surface area (Å²) in [5.74, 6) is -1.23. The normalized spacial score (nSPS) is 12.9. The molecule has 0 aromatic heterocycles. The summed E-state index contributed by atoms with van der Waals surface area (Å²) < 4.78 is 10.1. The Morgan fingerprint density at radius 2 is 1.41 bits per heavy atom. The molecule has 0 bridgehead atoms. The fourth-order valence-corrected chi connectivity index (χ4v) is 4.07. The van der Waals surface area contributed by atoms with Crippen LogP contribution in [-0.2, 0) is 19.1 Å². The molecule has 1 atom stereocenters. The molecule has 1 unspecified atom stereocenters. The maximum absolute atomic E-state index is 12.7. The second-order valence-corrected chi connectivity index (χ2v) is 7.53. The Hall–Kier alpha value is -3.93. The number of nitrogens with one attached hydrogen (secondary N) is 1. The van der Waals surface area contributed by atoms with Gasteiger partial charge in [0.15, 0.2) is 5.78 Å². The van der Waals surface area contributed by atoms with E-state index in [4.69, 9.17) is 4.74 Å². The molecule has 6 nitrogen and oxygen atoms in total. The Morgan fingerprint density at radius 3 is 2.00 bits per heavy atom. The zero-order chi connectivity index (χ0) is 22.5. The van der Waals surface area contributed by atoms with Gasteiger partial charge in [0.1, 0.15) is 19.1 Å². The molecule has 6 heteroatoms. The molecular weight excluding hydrogens is 406 g/mol. The van der Waals surface area contributed by atoms with E-state index >= 15 is 0 Å². The lowest BCUT2D eigenvalue weighted by Crippen LogP contribution is -2.35. The monoisotopic (exact) mass is 429 g/mol. The molecule has 0 saturated carbocycles. The minimum atomic E-state index is -1.01. The Balaban J connectivity index is 1.48. The number of hydrogen-bond acceptors (Lipinski definition) is 5. The van der Waals surface area contributed by atoms with Crippen molar-refractivity contribution >= 4 is 17.8 Å². The van der Waals surface area contributed by atoms with Crippen LogP contribution in [0.25, 0.3) is 11.1 Å². The lowest BCUT2D eigenvalue weighted by Gasteiger charge is -2.19. The Morgan fingerprint density at radius 1 is 0.844 bits per heavy atom. The van der Waals surface area contributed by atoms with Crippen LogP contribution in [0.2, 0.25) is 0 Å². The molecule has 0 heterocycles. The number of hydrogen-bond donors (Lipinski definition) is 1. The van der Waals surface area contributed by atoms with Gasteiger partial charge in [-0.3, -0.25) is 9.59 Å². The maximum atomic E-state index is 12.7. The van der Waals surface area contributed by atoms with Gasteiger partial charge in [-0.05, 0) is 27.8 Å². The highest BCUT2D eigenvalue weighted by atomic mass is 16.5. The number of esters is 1. The minimum absolute atomic E-state index is 0.0888. The van der Waals surface area contributed by atoms with Crippen molar-refractivity contribution < 1.29 is 23.9 Å². The number of benzene rings is 3. The number of ether oxygens (including phenoxy) is 2. The van der Waals surface area contributed by atoms with Crippen molar-refractivity contribution in [2.45, 2.75) is 18.4 Å². The first-order valence-electron chi connectivity index (χ1n) is 10.3. The van der Waals surface area contributed by atoms with Gasteiger partial charge >= 0.3 is 12.1 Å². The number of Topliss-reactive ketones (excluding diaryl/α,β-unsaturated/α-hetero) is 1.